The van der Waals surface area contributed by atoms with E-state index in [4.69, 9.17) is 0 Å². The first kappa shape index (κ1) is 22.6. The second kappa shape index (κ2) is 8.77. The van der Waals surface area contributed by atoms with Gasteiger partial charge in [0.05, 0.1) is 0 Å². The second-order valence-corrected chi connectivity index (χ2v) is 9.70. The number of hydrogen-bond donors (Lipinski definition) is 0. The van der Waals surface area contributed by atoms with Gasteiger partial charge in [-0.05, 0) is 55.9 Å². The Morgan fingerprint density at radius 2 is 0.919 bits per heavy atom. The van der Waals surface area contributed by atoms with Crippen LogP contribution in [0.4, 0.5) is 0 Å². The summed E-state index contributed by atoms with van der Waals surface area (Å²) in [6.45, 7) is 0. The summed E-state index contributed by atoms with van der Waals surface area (Å²) in [4.78, 5) is 0. The van der Waals surface area contributed by atoms with Crippen LogP contribution in [0.3, 0.4) is 0 Å². The van der Waals surface area contributed by atoms with Gasteiger partial charge in [0.1, 0.15) is 0 Å². The Morgan fingerprint density at radius 1 is 0.405 bits per heavy atom. The van der Waals surface area contributed by atoms with Crippen LogP contribution in [0.1, 0.15) is 0 Å². The topological polar surface area (TPSA) is 0 Å². The Bertz CT molecular complexity index is 2150. The van der Waals surface area contributed by atoms with Crippen molar-refractivity contribution in [3.8, 4) is 11.1 Å². The summed E-state index contributed by atoms with van der Waals surface area (Å²) >= 11 is 0. The molecule has 0 aliphatic rings. The van der Waals surface area contributed by atoms with Crippen LogP contribution in [-0.4, -0.2) is 0 Å². The van der Waals surface area contributed by atoms with Crippen molar-refractivity contribution < 1.29 is 32.7 Å². The molecule has 0 heterocycles. The van der Waals surface area contributed by atoms with Crippen LogP contribution in [0.15, 0.2) is 121 Å². The molecule has 169 valence electrons. The van der Waals surface area contributed by atoms with Crippen LogP contribution >= 0.6 is 0 Å². The molecule has 1 heteroatoms. The van der Waals surface area contributed by atoms with Crippen molar-refractivity contribution in [1.29, 1.82) is 0 Å². The van der Waals surface area contributed by atoms with Gasteiger partial charge in [0.2, 0.25) is 0 Å². The number of hydrogen-bond acceptors (Lipinski definition) is 0. The third-order valence-electron chi connectivity index (χ3n) is 7.47. The molecule has 0 bridgehead atoms. The summed E-state index contributed by atoms with van der Waals surface area (Å²) < 4.78 is 0. The van der Waals surface area contributed by atoms with Crippen LogP contribution in [0.5, 0.6) is 0 Å². The summed E-state index contributed by atoms with van der Waals surface area (Å²) in [5, 5.41) is 14.9. The van der Waals surface area contributed by atoms with Gasteiger partial charge >= 0.3 is 0 Å². The van der Waals surface area contributed by atoms with Crippen molar-refractivity contribution in [2.75, 3.05) is 0 Å². The fourth-order valence-electron chi connectivity index (χ4n) is 5.64. The van der Waals surface area contributed by atoms with E-state index in [2.05, 4.69) is 127 Å². The number of benzene rings is 8. The van der Waals surface area contributed by atoms with Gasteiger partial charge in [-0.1, -0.05) is 83.6 Å². The van der Waals surface area contributed by atoms with Crippen molar-refractivity contribution in [3.63, 3.8) is 0 Å². The van der Waals surface area contributed by atoms with Crippen molar-refractivity contribution in [1.82, 2.24) is 0 Å². The summed E-state index contributed by atoms with van der Waals surface area (Å²) in [6.07, 6.45) is 0. The molecule has 0 nitrogen and oxygen atoms in total. The van der Waals surface area contributed by atoms with Gasteiger partial charge in [-0.15, -0.1) is 34.4 Å². The molecule has 0 unspecified atom stereocenters. The van der Waals surface area contributed by atoms with E-state index in [1.807, 2.05) is 6.07 Å². The minimum Gasteiger partial charge on any atom is -0.202 e. The Labute approximate surface area is 240 Å². The van der Waals surface area contributed by atoms with Crippen molar-refractivity contribution in [2.45, 2.75) is 0 Å². The molecule has 0 aliphatic carbocycles. The largest absolute Gasteiger partial charge is 0.202 e. The molecular weight excluding hydrogens is 521 g/mol. The standard InChI is InChI=1S/C36H20.Y/c1-2-8-25-16-32-21-34-19-30-18-29(13-12-27(30)17-33(34)20-31(32)15-24(25)7-1)35-11-5-10-28-14-23-6-3-4-9-26(23)22-36(28)35;/h1-10,12-17,19-22H;/q-2;. The van der Waals surface area contributed by atoms with Gasteiger partial charge in [0, 0.05) is 32.7 Å². The Morgan fingerprint density at radius 3 is 1.57 bits per heavy atom. The predicted molar refractivity (Wildman–Crippen MR) is 155 cm³/mol. The molecule has 0 saturated carbocycles. The molecular formula is C36H20Y-2. The molecule has 8 aromatic carbocycles. The molecule has 0 fully saturated rings. The molecule has 0 N–H and O–H groups in total. The molecule has 0 spiro atoms. The average molecular weight is 541 g/mol. The molecule has 0 atom stereocenters. The first-order valence-electron chi connectivity index (χ1n) is 12.3. The molecule has 0 aromatic heterocycles. The van der Waals surface area contributed by atoms with Crippen LogP contribution in [-0.2, 0) is 32.7 Å². The quantitative estimate of drug-likeness (QED) is 0.143. The second-order valence-electron chi connectivity index (χ2n) is 9.70. The van der Waals surface area contributed by atoms with E-state index >= 15 is 0 Å². The molecule has 37 heavy (non-hydrogen) atoms. The average Bonchev–Trinajstić information content (AvgIpc) is 2.92. The fourth-order valence-corrected chi connectivity index (χ4v) is 5.64. The van der Waals surface area contributed by atoms with Gasteiger partial charge in [0.25, 0.3) is 0 Å². The molecule has 0 aliphatic heterocycles. The van der Waals surface area contributed by atoms with Crippen molar-refractivity contribution in [2.24, 2.45) is 0 Å². The summed E-state index contributed by atoms with van der Waals surface area (Å²) in [6, 6.07) is 51.3. The number of rotatable bonds is 1. The van der Waals surface area contributed by atoms with Gasteiger partial charge in [0.15, 0.2) is 0 Å². The Kier molecular flexibility index (Phi) is 5.36. The van der Waals surface area contributed by atoms with Crippen LogP contribution in [0.25, 0.3) is 75.8 Å². The minimum absolute atomic E-state index is 0. The third kappa shape index (κ3) is 3.75. The van der Waals surface area contributed by atoms with E-state index in [0.29, 0.717) is 0 Å². The maximum absolute atomic E-state index is 3.72. The maximum atomic E-state index is 3.72. The van der Waals surface area contributed by atoms with Gasteiger partial charge < -0.3 is 0 Å². The van der Waals surface area contributed by atoms with E-state index in [0.717, 1.165) is 16.5 Å². The van der Waals surface area contributed by atoms with E-state index in [-0.39, 0.29) is 32.7 Å². The van der Waals surface area contributed by atoms with Crippen molar-refractivity contribution in [3.05, 3.63) is 133 Å². The minimum atomic E-state index is 0. The Hall–Kier alpha value is -3.58. The molecule has 8 rings (SSSR count). The predicted octanol–water partition coefficient (Wildman–Crippen LogP) is 9.87. The third-order valence-corrected chi connectivity index (χ3v) is 7.47. The summed E-state index contributed by atoms with van der Waals surface area (Å²) in [5.74, 6) is 0. The summed E-state index contributed by atoms with van der Waals surface area (Å²) in [5.41, 5.74) is 2.18. The number of fused-ring (bicyclic) bond motifs is 6. The van der Waals surface area contributed by atoms with E-state index in [9.17, 15) is 0 Å². The molecule has 1 radical (unpaired) electrons. The van der Waals surface area contributed by atoms with Crippen LogP contribution in [0.2, 0.25) is 0 Å². The fraction of sp³-hybridized carbons (Fsp3) is 0. The van der Waals surface area contributed by atoms with Gasteiger partial charge in [-0.2, -0.15) is 29.8 Å². The van der Waals surface area contributed by atoms with Crippen LogP contribution in [0, 0.1) is 12.1 Å². The zero-order valence-electron chi connectivity index (χ0n) is 20.1. The van der Waals surface area contributed by atoms with E-state index in [1.54, 1.807) is 0 Å². The monoisotopic (exact) mass is 541 g/mol. The zero-order chi connectivity index (χ0) is 23.6. The van der Waals surface area contributed by atoms with E-state index in [1.165, 1.54) is 59.2 Å². The van der Waals surface area contributed by atoms with Crippen LogP contribution < -0.4 is 0 Å². The SMILES string of the molecule is [Y].[c-]1ccc2cc3ccccc3cc2c1-c1[c-]c2cc3cc4cc5ccccc5cc4cc3cc2cc1. The Balaban J connectivity index is 0.00000231. The zero-order valence-corrected chi connectivity index (χ0v) is 23.0. The summed E-state index contributed by atoms with van der Waals surface area (Å²) in [7, 11) is 0. The molecule has 8 aromatic rings. The van der Waals surface area contributed by atoms with Gasteiger partial charge in [-0.3, -0.25) is 0 Å². The molecule has 0 saturated heterocycles. The van der Waals surface area contributed by atoms with Crippen molar-refractivity contribution >= 4 is 64.6 Å². The normalized spacial score (nSPS) is 11.6. The first-order chi connectivity index (χ1) is 17.8. The maximum Gasteiger partial charge on any atom is 0 e. The first-order valence-corrected chi connectivity index (χ1v) is 12.3. The van der Waals surface area contributed by atoms with Gasteiger partial charge in [-0.25, -0.2) is 5.56 Å². The smallest absolute Gasteiger partial charge is 0 e. The molecule has 0 amide bonds. The van der Waals surface area contributed by atoms with E-state index < -0.39 is 0 Å².